The van der Waals surface area contributed by atoms with Gasteiger partial charge in [0.05, 0.1) is 0 Å². The Labute approximate surface area is 230 Å². The van der Waals surface area contributed by atoms with E-state index in [1.54, 1.807) is 22.3 Å². The van der Waals surface area contributed by atoms with Gasteiger partial charge in [-0.2, -0.15) is 0 Å². The number of fused-ring (bicyclic) bond motifs is 10. The lowest BCUT2D eigenvalue weighted by Crippen LogP contribution is -2.26. The molecule has 2 fully saturated rings. The van der Waals surface area contributed by atoms with Crippen molar-refractivity contribution in [3.63, 3.8) is 0 Å². The third-order valence-electron chi connectivity index (χ3n) is 12.0. The van der Waals surface area contributed by atoms with Gasteiger partial charge in [0.2, 0.25) is 0 Å². The van der Waals surface area contributed by atoms with Crippen LogP contribution in [0.15, 0.2) is 48.5 Å². The first kappa shape index (κ1) is 23.7. The normalized spacial score (nSPS) is 29.8. The monoisotopic (exact) mass is 516 g/mol. The van der Waals surface area contributed by atoms with E-state index in [9.17, 15) is 0 Å². The van der Waals surface area contributed by atoms with E-state index in [2.05, 4.69) is 78.5 Å². The van der Waals surface area contributed by atoms with Gasteiger partial charge in [0, 0.05) is 0 Å². The third-order valence-corrected chi connectivity index (χ3v) is 12.5. The average molecular weight is 517 g/mol. The van der Waals surface area contributed by atoms with Crippen molar-refractivity contribution in [1.82, 2.24) is 0 Å². The van der Waals surface area contributed by atoms with Gasteiger partial charge < -0.3 is 0 Å². The lowest BCUT2D eigenvalue weighted by molar-refractivity contribution is 0.253. The molecule has 0 saturated heterocycles. The molecule has 0 amide bonds. The minimum Gasteiger partial charge on any atom is -0.105 e. The molecule has 4 aromatic carbocycles. The summed E-state index contributed by atoms with van der Waals surface area (Å²) in [6.07, 6.45) is 13.5. The van der Waals surface area contributed by atoms with E-state index >= 15 is 0 Å². The van der Waals surface area contributed by atoms with Crippen molar-refractivity contribution in [3.8, 4) is 11.1 Å². The fourth-order valence-corrected chi connectivity index (χ4v) is 10.3. The van der Waals surface area contributed by atoms with Gasteiger partial charge in [-0.1, -0.05) is 75.2 Å². The maximum absolute atomic E-state index is 3.09. The van der Waals surface area contributed by atoms with Crippen molar-refractivity contribution >= 4 is 36.1 Å². The highest BCUT2D eigenvalue weighted by Gasteiger charge is 2.44. The van der Waals surface area contributed by atoms with Crippen LogP contribution in [0, 0.1) is 17.8 Å². The van der Waals surface area contributed by atoms with Crippen molar-refractivity contribution in [2.24, 2.45) is 10.8 Å². The molecule has 0 heterocycles. The van der Waals surface area contributed by atoms with Crippen LogP contribution in [-0.4, -0.2) is 0 Å². The quantitative estimate of drug-likeness (QED) is 0.221. The number of rotatable bonds is 1. The lowest BCUT2D eigenvalue weighted by atomic mass is 9.66. The van der Waals surface area contributed by atoms with Gasteiger partial charge in [0.15, 0.2) is 0 Å². The Hall–Kier alpha value is -2.17. The third kappa shape index (κ3) is 3.14. The molecule has 5 atom stereocenters. The van der Waals surface area contributed by atoms with Gasteiger partial charge in [-0.25, -0.2) is 0 Å². The lowest BCUT2D eigenvalue weighted by Gasteiger charge is -2.39. The van der Waals surface area contributed by atoms with E-state index in [0.29, 0.717) is 10.8 Å². The van der Waals surface area contributed by atoms with Crippen LogP contribution in [0.4, 0.5) is 0 Å². The van der Waals surface area contributed by atoms with Gasteiger partial charge in [-0.15, -0.1) is 9.24 Å². The van der Waals surface area contributed by atoms with Crippen molar-refractivity contribution in [2.75, 3.05) is 0 Å². The largest absolute Gasteiger partial charge is 0.105 e. The zero-order valence-corrected chi connectivity index (χ0v) is 24.6. The van der Waals surface area contributed by atoms with Gasteiger partial charge >= 0.3 is 0 Å². The molecule has 0 aromatic heterocycles. The Morgan fingerprint density at radius 2 is 1.11 bits per heavy atom. The van der Waals surface area contributed by atoms with Gasteiger partial charge in [0.25, 0.3) is 0 Å². The summed E-state index contributed by atoms with van der Waals surface area (Å²) in [6.45, 7) is 7.45. The second-order valence-corrected chi connectivity index (χ2v) is 14.6. The second kappa shape index (κ2) is 8.17. The minimum absolute atomic E-state index is 0.519. The Kier molecular flexibility index (Phi) is 5.10. The zero-order chi connectivity index (χ0) is 25.8. The Bertz CT molecular complexity index is 1520. The fourth-order valence-electron chi connectivity index (χ4n) is 9.86. The maximum Gasteiger partial charge on any atom is -0.00247 e. The van der Waals surface area contributed by atoms with Crippen LogP contribution in [-0.2, 0) is 12.8 Å². The van der Waals surface area contributed by atoms with E-state index in [1.807, 2.05) is 0 Å². The van der Waals surface area contributed by atoms with Gasteiger partial charge in [-0.3, -0.25) is 0 Å². The summed E-state index contributed by atoms with van der Waals surface area (Å²) >= 11 is 0. The maximum atomic E-state index is 3.09. The van der Waals surface area contributed by atoms with Crippen molar-refractivity contribution in [3.05, 3.63) is 76.3 Å². The summed E-state index contributed by atoms with van der Waals surface area (Å²) in [7, 11) is 3.09. The van der Waals surface area contributed by atoms with Crippen LogP contribution >= 0.6 is 9.24 Å². The van der Waals surface area contributed by atoms with Crippen molar-refractivity contribution in [2.45, 2.75) is 96.8 Å². The van der Waals surface area contributed by atoms with Gasteiger partial charge in [-0.05, 0) is 147 Å². The van der Waals surface area contributed by atoms with Crippen molar-refractivity contribution < 1.29 is 0 Å². The standard InChI is InChI=1S/C37H41P/c1-22-8-9-23-25-16-20-36(2)18-4-6-31(36)27(25)10-12-29(23)34(22)35-30-13-11-28-26(24(30)14-15-33(35)38)17-21-37(3)19-5-7-32(28)37/h8-15,31-32H,4-7,16-21,38H2,1-3H3/t31?,32?,36-,37-/m0/s1. The number of hydrogen-bond donors (Lipinski definition) is 0. The van der Waals surface area contributed by atoms with E-state index in [0.717, 1.165) is 11.8 Å². The number of aryl methyl sites for hydroxylation is 3. The first-order valence-electron chi connectivity index (χ1n) is 15.3. The molecule has 0 bridgehead atoms. The SMILES string of the molecule is Cc1ccc2c3c(ccc2c1-c1c(P)ccc2c4c(ccc12)C1CCC[C@@]1(C)CC4)C1CCC[C@@]1(C)CC3. The van der Waals surface area contributed by atoms with E-state index in [-0.39, 0.29) is 0 Å². The van der Waals surface area contributed by atoms with Crippen molar-refractivity contribution in [1.29, 1.82) is 0 Å². The molecule has 0 N–H and O–H groups in total. The first-order chi connectivity index (χ1) is 18.4. The number of benzene rings is 4. The molecule has 194 valence electrons. The highest BCUT2D eigenvalue weighted by molar-refractivity contribution is 7.28. The van der Waals surface area contributed by atoms with Crippen LogP contribution < -0.4 is 5.30 Å². The summed E-state index contributed by atoms with van der Waals surface area (Å²) in [6, 6.07) is 19.7. The predicted molar refractivity (Wildman–Crippen MR) is 167 cm³/mol. The predicted octanol–water partition coefficient (Wildman–Crippen LogP) is 9.91. The highest BCUT2D eigenvalue weighted by atomic mass is 31.0. The van der Waals surface area contributed by atoms with E-state index < -0.39 is 0 Å². The number of hydrogen-bond acceptors (Lipinski definition) is 0. The molecule has 4 aliphatic carbocycles. The first-order valence-corrected chi connectivity index (χ1v) is 15.9. The van der Waals surface area contributed by atoms with Crippen LogP contribution in [0.25, 0.3) is 32.7 Å². The van der Waals surface area contributed by atoms with Crippen LogP contribution in [0.3, 0.4) is 0 Å². The Balaban J connectivity index is 1.36. The molecule has 38 heavy (non-hydrogen) atoms. The molecule has 0 spiro atoms. The van der Waals surface area contributed by atoms with Crippen LogP contribution in [0.2, 0.25) is 0 Å². The Morgan fingerprint density at radius 3 is 1.68 bits per heavy atom. The molecule has 1 heteroatoms. The highest BCUT2D eigenvalue weighted by Crippen LogP contribution is 2.58. The molecule has 0 aliphatic heterocycles. The molecular weight excluding hydrogens is 475 g/mol. The summed E-state index contributed by atoms with van der Waals surface area (Å²) in [5.41, 5.74) is 12.0. The topological polar surface area (TPSA) is 0 Å². The molecule has 2 saturated carbocycles. The zero-order valence-electron chi connectivity index (χ0n) is 23.4. The van der Waals surface area contributed by atoms with E-state index in [4.69, 9.17) is 0 Å². The molecule has 0 radical (unpaired) electrons. The summed E-state index contributed by atoms with van der Waals surface area (Å²) in [4.78, 5) is 0. The average Bonchev–Trinajstić information content (AvgIpc) is 3.51. The second-order valence-electron chi connectivity index (χ2n) is 13.9. The fraction of sp³-hybridized carbons (Fsp3) is 0.459. The van der Waals surface area contributed by atoms with Crippen LogP contribution in [0.5, 0.6) is 0 Å². The van der Waals surface area contributed by atoms with Gasteiger partial charge in [0.1, 0.15) is 0 Å². The molecule has 8 rings (SSSR count). The Morgan fingerprint density at radius 1 is 0.605 bits per heavy atom. The summed E-state index contributed by atoms with van der Waals surface area (Å²) < 4.78 is 0. The molecule has 0 nitrogen and oxygen atoms in total. The summed E-state index contributed by atoms with van der Waals surface area (Å²) in [5, 5.41) is 7.26. The van der Waals surface area contributed by atoms with Crippen LogP contribution in [0.1, 0.15) is 105 Å². The molecular formula is C37H41P. The molecule has 4 aliphatic rings. The molecule has 4 aromatic rings. The van der Waals surface area contributed by atoms with E-state index in [1.165, 1.54) is 108 Å². The minimum atomic E-state index is 0.519. The molecule has 3 unspecified atom stereocenters. The smallest absolute Gasteiger partial charge is 0.00247 e. The summed E-state index contributed by atoms with van der Waals surface area (Å²) in [5.74, 6) is 1.50.